The molecule has 0 aliphatic carbocycles. The van der Waals surface area contributed by atoms with Gasteiger partial charge in [0.05, 0.1) is 0 Å². The molecule has 0 atom stereocenters. The summed E-state index contributed by atoms with van der Waals surface area (Å²) >= 11 is 3.53. The van der Waals surface area contributed by atoms with Crippen molar-refractivity contribution in [2.75, 3.05) is 0 Å². The van der Waals surface area contributed by atoms with E-state index < -0.39 is 0 Å². The third kappa shape index (κ3) is 1.86. The molecule has 0 bridgehead atoms. The first-order valence-corrected chi connectivity index (χ1v) is 7.99. The Morgan fingerprint density at radius 1 is 0.762 bits per heavy atom. The Balaban J connectivity index is 2.35. The predicted molar refractivity (Wildman–Crippen MR) is 91.5 cm³/mol. The summed E-state index contributed by atoms with van der Waals surface area (Å²) in [5.41, 5.74) is 1.02. The van der Waals surface area contributed by atoms with Crippen molar-refractivity contribution < 1.29 is 4.39 Å². The van der Waals surface area contributed by atoms with Gasteiger partial charge in [-0.3, -0.25) is 0 Å². The SMILES string of the molecule is Fc1cc2ccccc2c2cc3ccccc3c(CBr)c12. The largest absolute Gasteiger partial charge is 0.206 e. The molecule has 0 spiro atoms. The quantitative estimate of drug-likeness (QED) is 0.221. The molecular weight excluding hydrogens is 327 g/mol. The molecule has 0 amide bonds. The molecule has 4 aromatic rings. The minimum atomic E-state index is -0.149. The third-order valence-corrected chi connectivity index (χ3v) is 4.62. The summed E-state index contributed by atoms with van der Waals surface area (Å²) in [5.74, 6) is -0.149. The average Bonchev–Trinajstić information content (AvgIpc) is 2.53. The van der Waals surface area contributed by atoms with E-state index in [1.54, 1.807) is 6.07 Å². The van der Waals surface area contributed by atoms with E-state index in [1.165, 1.54) is 0 Å². The maximum absolute atomic E-state index is 14.7. The van der Waals surface area contributed by atoms with Gasteiger partial charge in [0.15, 0.2) is 0 Å². The van der Waals surface area contributed by atoms with Crippen molar-refractivity contribution in [3.63, 3.8) is 0 Å². The van der Waals surface area contributed by atoms with Crippen molar-refractivity contribution in [1.29, 1.82) is 0 Å². The van der Waals surface area contributed by atoms with Gasteiger partial charge < -0.3 is 0 Å². The Kier molecular flexibility index (Phi) is 2.93. The van der Waals surface area contributed by atoms with E-state index in [1.807, 2.05) is 30.3 Å². The maximum atomic E-state index is 14.7. The molecule has 0 saturated carbocycles. The van der Waals surface area contributed by atoms with Crippen LogP contribution in [0.1, 0.15) is 5.56 Å². The van der Waals surface area contributed by atoms with Crippen LogP contribution < -0.4 is 0 Å². The van der Waals surface area contributed by atoms with E-state index >= 15 is 0 Å². The molecule has 4 aromatic carbocycles. The zero-order valence-corrected chi connectivity index (χ0v) is 12.8. The number of benzene rings is 4. The lowest BCUT2D eigenvalue weighted by atomic mass is 9.94. The van der Waals surface area contributed by atoms with Gasteiger partial charge in [0.25, 0.3) is 0 Å². The van der Waals surface area contributed by atoms with Crippen LogP contribution in [0.4, 0.5) is 4.39 Å². The van der Waals surface area contributed by atoms with Crippen LogP contribution in [0.25, 0.3) is 32.3 Å². The Labute approximate surface area is 130 Å². The predicted octanol–water partition coefficient (Wildman–Crippen LogP) is 6.18. The molecule has 0 aliphatic heterocycles. The number of hydrogen-bond acceptors (Lipinski definition) is 0. The molecule has 0 fully saturated rings. The molecule has 21 heavy (non-hydrogen) atoms. The molecule has 102 valence electrons. The van der Waals surface area contributed by atoms with Gasteiger partial charge in [-0.05, 0) is 44.6 Å². The standard InChI is InChI=1S/C19H12BrF/c20-11-17-15-8-4-1-5-12(15)9-16-14-7-3-2-6-13(14)10-18(21)19(16)17/h1-10H,11H2. The van der Waals surface area contributed by atoms with E-state index in [0.29, 0.717) is 5.33 Å². The lowest BCUT2D eigenvalue weighted by molar-refractivity contribution is 0.641. The van der Waals surface area contributed by atoms with Crippen molar-refractivity contribution in [3.05, 3.63) is 72.0 Å². The highest BCUT2D eigenvalue weighted by molar-refractivity contribution is 9.08. The van der Waals surface area contributed by atoms with Crippen LogP contribution >= 0.6 is 15.9 Å². The maximum Gasteiger partial charge on any atom is 0.131 e. The molecule has 0 N–H and O–H groups in total. The van der Waals surface area contributed by atoms with Gasteiger partial charge in [0, 0.05) is 10.7 Å². The smallest absolute Gasteiger partial charge is 0.131 e. The summed E-state index contributed by atoms with van der Waals surface area (Å²) in [4.78, 5) is 0. The molecule has 2 heteroatoms. The first-order chi connectivity index (χ1) is 10.3. The molecule has 4 rings (SSSR count). The highest BCUT2D eigenvalue weighted by Gasteiger charge is 2.13. The summed E-state index contributed by atoms with van der Waals surface area (Å²) < 4.78 is 14.7. The first kappa shape index (κ1) is 12.8. The Hall–Kier alpha value is -1.93. The molecule has 0 saturated heterocycles. The second-order valence-corrected chi connectivity index (χ2v) is 5.77. The molecule has 0 heterocycles. The molecule has 0 aromatic heterocycles. The zero-order valence-electron chi connectivity index (χ0n) is 11.2. The van der Waals surface area contributed by atoms with E-state index in [9.17, 15) is 4.39 Å². The number of hydrogen-bond donors (Lipinski definition) is 0. The zero-order chi connectivity index (χ0) is 14.4. The Morgan fingerprint density at radius 2 is 1.38 bits per heavy atom. The molecular formula is C19H12BrF. The van der Waals surface area contributed by atoms with Crippen LogP contribution in [0, 0.1) is 5.82 Å². The van der Waals surface area contributed by atoms with Crippen molar-refractivity contribution in [2.24, 2.45) is 0 Å². The van der Waals surface area contributed by atoms with Crippen molar-refractivity contribution in [1.82, 2.24) is 0 Å². The van der Waals surface area contributed by atoms with Crippen LogP contribution in [0.3, 0.4) is 0 Å². The summed E-state index contributed by atoms with van der Waals surface area (Å²) in [7, 11) is 0. The van der Waals surface area contributed by atoms with Crippen molar-refractivity contribution in [3.8, 4) is 0 Å². The Morgan fingerprint density at radius 3 is 2.10 bits per heavy atom. The first-order valence-electron chi connectivity index (χ1n) is 6.87. The molecule has 0 unspecified atom stereocenters. The fraction of sp³-hybridized carbons (Fsp3) is 0.0526. The van der Waals surface area contributed by atoms with Gasteiger partial charge in [-0.1, -0.05) is 64.5 Å². The van der Waals surface area contributed by atoms with Crippen LogP contribution in [0.2, 0.25) is 0 Å². The van der Waals surface area contributed by atoms with Crippen molar-refractivity contribution >= 4 is 48.2 Å². The lowest BCUT2D eigenvalue weighted by Crippen LogP contribution is -1.91. The van der Waals surface area contributed by atoms with Crippen LogP contribution in [0.5, 0.6) is 0 Å². The van der Waals surface area contributed by atoms with Gasteiger partial charge in [0.2, 0.25) is 0 Å². The third-order valence-electron chi connectivity index (χ3n) is 4.06. The Bertz CT molecular complexity index is 989. The van der Waals surface area contributed by atoms with Crippen LogP contribution in [-0.4, -0.2) is 0 Å². The van der Waals surface area contributed by atoms with Gasteiger partial charge in [-0.15, -0.1) is 0 Å². The second kappa shape index (κ2) is 4.81. The van der Waals surface area contributed by atoms with E-state index in [4.69, 9.17) is 0 Å². The monoisotopic (exact) mass is 338 g/mol. The summed E-state index contributed by atoms with van der Waals surface area (Å²) in [6.07, 6.45) is 0. The second-order valence-electron chi connectivity index (χ2n) is 5.21. The molecule has 0 radical (unpaired) electrons. The van der Waals surface area contributed by atoms with E-state index in [0.717, 1.165) is 37.9 Å². The van der Waals surface area contributed by atoms with Crippen molar-refractivity contribution in [2.45, 2.75) is 5.33 Å². The summed E-state index contributed by atoms with van der Waals surface area (Å²) in [5, 5.41) is 6.65. The van der Waals surface area contributed by atoms with E-state index in [-0.39, 0.29) is 5.82 Å². The molecule has 0 nitrogen and oxygen atoms in total. The fourth-order valence-corrected chi connectivity index (χ4v) is 3.71. The van der Waals surface area contributed by atoms with Gasteiger partial charge in [0.1, 0.15) is 5.82 Å². The number of alkyl halides is 1. The minimum absolute atomic E-state index is 0.149. The van der Waals surface area contributed by atoms with E-state index in [2.05, 4.69) is 40.2 Å². The van der Waals surface area contributed by atoms with Crippen LogP contribution in [-0.2, 0) is 5.33 Å². The summed E-state index contributed by atoms with van der Waals surface area (Å²) in [6.45, 7) is 0. The fourth-order valence-electron chi connectivity index (χ4n) is 3.12. The van der Waals surface area contributed by atoms with Gasteiger partial charge in [-0.2, -0.15) is 0 Å². The summed E-state index contributed by atoms with van der Waals surface area (Å²) in [6, 6.07) is 19.9. The molecule has 0 aliphatic rings. The highest BCUT2D eigenvalue weighted by Crippen LogP contribution is 2.36. The van der Waals surface area contributed by atoms with Gasteiger partial charge in [-0.25, -0.2) is 4.39 Å². The lowest BCUT2D eigenvalue weighted by Gasteiger charge is -2.12. The topological polar surface area (TPSA) is 0 Å². The van der Waals surface area contributed by atoms with Crippen LogP contribution in [0.15, 0.2) is 60.7 Å². The van der Waals surface area contributed by atoms with Gasteiger partial charge >= 0.3 is 0 Å². The minimum Gasteiger partial charge on any atom is -0.206 e. The normalized spacial score (nSPS) is 11.5. The average molecular weight is 339 g/mol. The highest BCUT2D eigenvalue weighted by atomic mass is 79.9. The number of rotatable bonds is 1. The number of fused-ring (bicyclic) bond motifs is 4. The number of halogens is 2.